The lowest BCUT2D eigenvalue weighted by atomic mass is 10.0. The van der Waals surface area contributed by atoms with Crippen molar-refractivity contribution in [3.05, 3.63) is 0 Å². The number of carbonyl (C=O) groups excluding carboxylic acids is 1. The summed E-state index contributed by atoms with van der Waals surface area (Å²) in [6.45, 7) is 3.88. The maximum absolute atomic E-state index is 11.7. The van der Waals surface area contributed by atoms with Crippen LogP contribution in [0.15, 0.2) is 0 Å². The highest BCUT2D eigenvalue weighted by Gasteiger charge is 2.33. The molecule has 0 saturated heterocycles. The molecule has 98 valence electrons. The fraction of sp³-hybridized carbons (Fsp3) is 0.833. The Kier molecular flexibility index (Phi) is 5.97. The molecule has 0 heterocycles. The van der Waals surface area contributed by atoms with E-state index >= 15 is 0 Å². The van der Waals surface area contributed by atoms with Crippen molar-refractivity contribution in [1.29, 1.82) is 0 Å². The first-order valence-electron chi connectivity index (χ1n) is 6.23. The van der Waals surface area contributed by atoms with E-state index < -0.39 is 5.97 Å². The van der Waals surface area contributed by atoms with Crippen LogP contribution in [0.1, 0.15) is 32.6 Å². The van der Waals surface area contributed by atoms with Crippen LogP contribution in [-0.4, -0.2) is 36.7 Å². The normalized spacial score (nSPS) is 23.6. The van der Waals surface area contributed by atoms with Crippen LogP contribution in [0, 0.1) is 11.8 Å². The zero-order chi connectivity index (χ0) is 12.7. The van der Waals surface area contributed by atoms with Crippen molar-refractivity contribution in [3.63, 3.8) is 0 Å². The molecule has 1 aliphatic rings. The predicted octanol–water partition coefficient (Wildman–Crippen LogP) is 1.03. The molecule has 1 saturated carbocycles. The van der Waals surface area contributed by atoms with E-state index in [4.69, 9.17) is 9.84 Å². The molecule has 1 amide bonds. The van der Waals surface area contributed by atoms with Crippen LogP contribution in [0.4, 0.5) is 0 Å². The SMILES string of the molecule is CCOCCCNC(=O)C1CCC(C(=O)O)C1. The van der Waals surface area contributed by atoms with E-state index in [0.29, 0.717) is 39.0 Å². The van der Waals surface area contributed by atoms with Crippen molar-refractivity contribution in [1.82, 2.24) is 5.32 Å². The molecule has 0 bridgehead atoms. The van der Waals surface area contributed by atoms with Gasteiger partial charge in [-0.2, -0.15) is 0 Å². The van der Waals surface area contributed by atoms with E-state index in [2.05, 4.69) is 5.32 Å². The van der Waals surface area contributed by atoms with Crippen LogP contribution in [0.5, 0.6) is 0 Å². The predicted molar refractivity (Wildman–Crippen MR) is 62.6 cm³/mol. The molecule has 0 aliphatic heterocycles. The lowest BCUT2D eigenvalue weighted by Gasteiger charge is -2.10. The van der Waals surface area contributed by atoms with Gasteiger partial charge >= 0.3 is 5.97 Å². The van der Waals surface area contributed by atoms with Gasteiger partial charge in [0.25, 0.3) is 0 Å². The first-order chi connectivity index (χ1) is 8.15. The fourth-order valence-corrected chi connectivity index (χ4v) is 2.12. The number of nitrogens with one attached hydrogen (secondary N) is 1. The number of carbonyl (C=O) groups is 2. The standard InChI is InChI=1S/C12H21NO4/c1-2-17-7-3-6-13-11(14)9-4-5-10(8-9)12(15)16/h9-10H,2-8H2,1H3,(H,13,14)(H,15,16). The minimum Gasteiger partial charge on any atom is -0.481 e. The molecule has 5 nitrogen and oxygen atoms in total. The van der Waals surface area contributed by atoms with Crippen LogP contribution in [0.25, 0.3) is 0 Å². The molecule has 17 heavy (non-hydrogen) atoms. The lowest BCUT2D eigenvalue weighted by Crippen LogP contribution is -2.31. The topological polar surface area (TPSA) is 75.6 Å². The van der Waals surface area contributed by atoms with Crippen molar-refractivity contribution in [2.75, 3.05) is 19.8 Å². The Morgan fingerprint density at radius 1 is 1.35 bits per heavy atom. The van der Waals surface area contributed by atoms with Crippen molar-refractivity contribution in [2.45, 2.75) is 32.6 Å². The number of rotatable bonds is 7. The van der Waals surface area contributed by atoms with Crippen molar-refractivity contribution in [2.24, 2.45) is 11.8 Å². The minimum absolute atomic E-state index is 0.00903. The summed E-state index contributed by atoms with van der Waals surface area (Å²) >= 11 is 0. The second-order valence-electron chi connectivity index (χ2n) is 4.39. The van der Waals surface area contributed by atoms with Gasteiger partial charge in [-0.1, -0.05) is 0 Å². The summed E-state index contributed by atoms with van der Waals surface area (Å²) < 4.78 is 5.16. The average Bonchev–Trinajstić information content (AvgIpc) is 2.78. The van der Waals surface area contributed by atoms with Crippen LogP contribution in [-0.2, 0) is 14.3 Å². The van der Waals surface area contributed by atoms with Gasteiger partial charge in [0.1, 0.15) is 0 Å². The Morgan fingerprint density at radius 2 is 2.06 bits per heavy atom. The van der Waals surface area contributed by atoms with E-state index in [1.165, 1.54) is 0 Å². The average molecular weight is 243 g/mol. The monoisotopic (exact) mass is 243 g/mol. The van der Waals surface area contributed by atoms with Crippen molar-refractivity contribution < 1.29 is 19.4 Å². The third-order valence-electron chi connectivity index (χ3n) is 3.12. The number of ether oxygens (including phenoxy) is 1. The van der Waals surface area contributed by atoms with Gasteiger partial charge in [-0.25, -0.2) is 0 Å². The molecular formula is C12H21NO4. The second kappa shape index (κ2) is 7.27. The number of hydrogen-bond acceptors (Lipinski definition) is 3. The highest BCUT2D eigenvalue weighted by Crippen LogP contribution is 2.30. The van der Waals surface area contributed by atoms with Crippen molar-refractivity contribution >= 4 is 11.9 Å². The number of aliphatic carboxylic acids is 1. The van der Waals surface area contributed by atoms with Gasteiger partial charge in [0.2, 0.25) is 5.91 Å². The molecule has 0 spiro atoms. The maximum atomic E-state index is 11.7. The van der Waals surface area contributed by atoms with Gasteiger partial charge in [-0.05, 0) is 32.6 Å². The first kappa shape index (κ1) is 14.0. The summed E-state index contributed by atoms with van der Waals surface area (Å²) in [4.78, 5) is 22.5. The molecule has 1 fully saturated rings. The molecule has 2 N–H and O–H groups in total. The molecule has 2 atom stereocenters. The van der Waals surface area contributed by atoms with E-state index in [0.717, 1.165) is 6.42 Å². The summed E-state index contributed by atoms with van der Waals surface area (Å²) in [6.07, 6.45) is 2.59. The third kappa shape index (κ3) is 4.73. The minimum atomic E-state index is -0.781. The van der Waals surface area contributed by atoms with E-state index in [9.17, 15) is 9.59 Å². The Bertz CT molecular complexity index is 267. The lowest BCUT2D eigenvalue weighted by molar-refractivity contribution is -0.141. The Labute approximate surface area is 102 Å². The zero-order valence-corrected chi connectivity index (χ0v) is 10.3. The van der Waals surface area contributed by atoms with Gasteiger partial charge in [0.05, 0.1) is 5.92 Å². The summed E-state index contributed by atoms with van der Waals surface area (Å²) in [7, 11) is 0. The highest BCUT2D eigenvalue weighted by atomic mass is 16.5. The summed E-state index contributed by atoms with van der Waals surface area (Å²) in [5.74, 6) is -1.25. The molecule has 0 radical (unpaired) electrons. The van der Waals surface area contributed by atoms with E-state index in [1.54, 1.807) is 0 Å². The Balaban J connectivity index is 2.14. The number of carboxylic acid groups (broad SMARTS) is 1. The quantitative estimate of drug-likeness (QED) is 0.655. The molecule has 0 aromatic rings. The van der Waals surface area contributed by atoms with Crippen molar-refractivity contribution in [3.8, 4) is 0 Å². The molecule has 5 heteroatoms. The fourth-order valence-electron chi connectivity index (χ4n) is 2.12. The van der Waals surface area contributed by atoms with E-state index in [1.807, 2.05) is 6.92 Å². The maximum Gasteiger partial charge on any atom is 0.306 e. The molecular weight excluding hydrogens is 222 g/mol. The smallest absolute Gasteiger partial charge is 0.306 e. The summed E-state index contributed by atoms with van der Waals surface area (Å²) in [6, 6.07) is 0. The van der Waals surface area contributed by atoms with Crippen LogP contribution < -0.4 is 5.32 Å². The molecule has 0 aromatic carbocycles. The molecule has 2 unspecified atom stereocenters. The van der Waals surface area contributed by atoms with Gasteiger partial charge in [0.15, 0.2) is 0 Å². The molecule has 1 aliphatic carbocycles. The van der Waals surface area contributed by atoms with Crippen LogP contribution in [0.3, 0.4) is 0 Å². The third-order valence-corrected chi connectivity index (χ3v) is 3.12. The van der Waals surface area contributed by atoms with Crippen LogP contribution >= 0.6 is 0 Å². The first-order valence-corrected chi connectivity index (χ1v) is 6.23. The molecule has 1 rings (SSSR count). The van der Waals surface area contributed by atoms with Gasteiger partial charge in [0, 0.05) is 25.7 Å². The number of hydrogen-bond donors (Lipinski definition) is 2. The van der Waals surface area contributed by atoms with Crippen LogP contribution in [0.2, 0.25) is 0 Å². The largest absolute Gasteiger partial charge is 0.481 e. The molecule has 0 aromatic heterocycles. The van der Waals surface area contributed by atoms with Gasteiger partial charge in [-0.3, -0.25) is 9.59 Å². The second-order valence-corrected chi connectivity index (χ2v) is 4.39. The highest BCUT2D eigenvalue weighted by molar-refractivity contribution is 5.80. The Hall–Kier alpha value is -1.10. The van der Waals surface area contributed by atoms with Gasteiger partial charge < -0.3 is 15.2 Å². The number of amides is 1. The summed E-state index contributed by atoms with van der Waals surface area (Å²) in [5, 5.41) is 11.7. The van der Waals surface area contributed by atoms with Gasteiger partial charge in [-0.15, -0.1) is 0 Å². The summed E-state index contributed by atoms with van der Waals surface area (Å²) in [5.41, 5.74) is 0. The Morgan fingerprint density at radius 3 is 2.65 bits per heavy atom. The zero-order valence-electron chi connectivity index (χ0n) is 10.3. The van der Waals surface area contributed by atoms with E-state index in [-0.39, 0.29) is 17.7 Å². The number of carboxylic acids is 1.